The summed E-state index contributed by atoms with van der Waals surface area (Å²) < 4.78 is 5.39. The van der Waals surface area contributed by atoms with Crippen LogP contribution in [0, 0.1) is 5.41 Å². The molecule has 0 bridgehead atoms. The number of carbonyl (C=O) groups is 1. The Morgan fingerprint density at radius 2 is 1.96 bits per heavy atom. The van der Waals surface area contributed by atoms with Crippen LogP contribution in [-0.2, 0) is 17.6 Å². The van der Waals surface area contributed by atoms with E-state index in [1.54, 1.807) is 0 Å². The summed E-state index contributed by atoms with van der Waals surface area (Å²) in [5, 5.41) is 7.51. The zero-order chi connectivity index (χ0) is 17.8. The molecule has 0 saturated carbocycles. The quantitative estimate of drug-likeness (QED) is 0.891. The van der Waals surface area contributed by atoms with Crippen LogP contribution < -0.4 is 5.32 Å². The number of amides is 1. The van der Waals surface area contributed by atoms with E-state index in [0.717, 1.165) is 26.1 Å². The molecule has 1 N–H and O–H groups in total. The first-order valence-corrected chi connectivity index (χ1v) is 9.56. The Hall–Kier alpha value is -2.21. The summed E-state index contributed by atoms with van der Waals surface area (Å²) in [7, 11) is 0. The fraction of sp³-hybridized carbons (Fsp3) is 0.550. The van der Waals surface area contributed by atoms with Crippen LogP contribution in [-0.4, -0.2) is 47.1 Å². The van der Waals surface area contributed by atoms with Crippen molar-refractivity contribution in [3.05, 3.63) is 47.6 Å². The second-order valence-corrected chi connectivity index (χ2v) is 7.58. The maximum Gasteiger partial charge on any atom is 0.228 e. The van der Waals surface area contributed by atoms with Crippen LogP contribution in [0.5, 0.6) is 0 Å². The average Bonchev–Trinajstić information content (AvgIpc) is 3.12. The van der Waals surface area contributed by atoms with Crippen LogP contribution in [0.25, 0.3) is 0 Å². The summed E-state index contributed by atoms with van der Waals surface area (Å²) in [5.41, 5.74) is 1.48. The lowest BCUT2D eigenvalue weighted by molar-refractivity contribution is -0.138. The summed E-state index contributed by atoms with van der Waals surface area (Å²) in [6.07, 6.45) is 5.33. The first-order valence-electron chi connectivity index (χ1n) is 9.56. The first-order chi connectivity index (χ1) is 12.7. The molecular weight excluding hydrogens is 328 g/mol. The lowest BCUT2D eigenvalue weighted by atomic mass is 9.73. The molecule has 2 saturated heterocycles. The van der Waals surface area contributed by atoms with Gasteiger partial charge in [-0.15, -0.1) is 0 Å². The highest BCUT2D eigenvalue weighted by molar-refractivity contribution is 5.77. The number of likely N-dealkylation sites (tertiary alicyclic amines) is 1. The van der Waals surface area contributed by atoms with E-state index < -0.39 is 0 Å². The van der Waals surface area contributed by atoms with Crippen LogP contribution in [0.1, 0.15) is 43.0 Å². The highest BCUT2D eigenvalue weighted by atomic mass is 16.5. The SMILES string of the molecule is O=C1CCC2(CCNCC2)CN1CCc1nc(Cc2ccccc2)no1. The molecule has 2 aliphatic rings. The third kappa shape index (κ3) is 3.96. The highest BCUT2D eigenvalue weighted by Crippen LogP contribution is 2.38. The Bertz CT molecular complexity index is 737. The molecule has 0 radical (unpaired) electrons. The van der Waals surface area contributed by atoms with Crippen LogP contribution in [0.3, 0.4) is 0 Å². The van der Waals surface area contributed by atoms with Crippen LogP contribution in [0.4, 0.5) is 0 Å². The minimum Gasteiger partial charge on any atom is -0.342 e. The van der Waals surface area contributed by atoms with Gasteiger partial charge in [0, 0.05) is 32.4 Å². The van der Waals surface area contributed by atoms with Crippen LogP contribution >= 0.6 is 0 Å². The molecule has 3 heterocycles. The zero-order valence-corrected chi connectivity index (χ0v) is 15.1. The zero-order valence-electron chi connectivity index (χ0n) is 15.1. The number of nitrogens with one attached hydrogen (secondary N) is 1. The van der Waals surface area contributed by atoms with Gasteiger partial charge in [-0.3, -0.25) is 4.79 Å². The fourth-order valence-electron chi connectivity index (χ4n) is 4.14. The maximum absolute atomic E-state index is 12.3. The van der Waals surface area contributed by atoms with Crippen molar-refractivity contribution in [2.45, 2.75) is 38.5 Å². The van der Waals surface area contributed by atoms with Crippen molar-refractivity contribution in [3.63, 3.8) is 0 Å². The third-order valence-corrected chi connectivity index (χ3v) is 5.72. The Kier molecular flexibility index (Phi) is 5.02. The van der Waals surface area contributed by atoms with Crippen LogP contribution in [0.2, 0.25) is 0 Å². The normalized spacial score (nSPS) is 19.8. The van der Waals surface area contributed by atoms with Crippen molar-refractivity contribution in [2.75, 3.05) is 26.2 Å². The second kappa shape index (κ2) is 7.58. The van der Waals surface area contributed by atoms with E-state index >= 15 is 0 Å². The van der Waals surface area contributed by atoms with Crippen molar-refractivity contribution in [2.24, 2.45) is 5.41 Å². The predicted octanol–water partition coefficient (Wildman–Crippen LogP) is 2.20. The number of rotatable bonds is 5. The smallest absolute Gasteiger partial charge is 0.228 e. The van der Waals surface area contributed by atoms with E-state index in [4.69, 9.17) is 4.52 Å². The molecule has 6 heteroatoms. The van der Waals surface area contributed by atoms with Crippen molar-refractivity contribution in [1.29, 1.82) is 0 Å². The van der Waals surface area contributed by atoms with Crippen molar-refractivity contribution >= 4 is 5.91 Å². The molecule has 2 aromatic rings. The predicted molar refractivity (Wildman–Crippen MR) is 97.6 cm³/mol. The van der Waals surface area contributed by atoms with Gasteiger partial charge in [0.2, 0.25) is 11.8 Å². The third-order valence-electron chi connectivity index (χ3n) is 5.72. The van der Waals surface area contributed by atoms with Crippen LogP contribution in [0.15, 0.2) is 34.9 Å². The molecule has 138 valence electrons. The number of piperidine rings is 2. The van der Waals surface area contributed by atoms with Gasteiger partial charge in [0.05, 0.1) is 0 Å². The molecule has 0 atom stereocenters. The molecule has 0 unspecified atom stereocenters. The van der Waals surface area contributed by atoms with Crippen molar-refractivity contribution in [1.82, 2.24) is 20.4 Å². The van der Waals surface area contributed by atoms with Gasteiger partial charge in [0.25, 0.3) is 0 Å². The lowest BCUT2D eigenvalue weighted by Gasteiger charge is -2.45. The highest BCUT2D eigenvalue weighted by Gasteiger charge is 2.39. The van der Waals surface area contributed by atoms with E-state index in [2.05, 4.69) is 27.6 Å². The molecule has 2 fully saturated rings. The molecule has 1 aromatic heterocycles. The number of benzene rings is 1. The summed E-state index contributed by atoms with van der Waals surface area (Å²) in [4.78, 5) is 18.8. The Morgan fingerprint density at radius 3 is 2.77 bits per heavy atom. The van der Waals surface area contributed by atoms with Gasteiger partial charge < -0.3 is 14.7 Å². The molecule has 4 rings (SSSR count). The number of carbonyl (C=O) groups excluding carboxylic acids is 1. The number of hydrogen-bond acceptors (Lipinski definition) is 5. The molecule has 1 amide bonds. The van der Waals surface area contributed by atoms with Gasteiger partial charge in [0.1, 0.15) is 0 Å². The summed E-state index contributed by atoms with van der Waals surface area (Å²) in [6, 6.07) is 10.1. The monoisotopic (exact) mass is 354 g/mol. The average molecular weight is 354 g/mol. The Balaban J connectivity index is 1.34. The largest absolute Gasteiger partial charge is 0.342 e. The maximum atomic E-state index is 12.3. The molecule has 1 aromatic carbocycles. The summed E-state index contributed by atoms with van der Waals surface area (Å²) >= 11 is 0. The number of aromatic nitrogens is 2. The number of hydrogen-bond donors (Lipinski definition) is 1. The van der Waals surface area contributed by atoms with E-state index in [-0.39, 0.29) is 5.91 Å². The molecular formula is C20H26N4O2. The van der Waals surface area contributed by atoms with E-state index in [1.165, 1.54) is 18.4 Å². The lowest BCUT2D eigenvalue weighted by Crippen LogP contribution is -2.51. The van der Waals surface area contributed by atoms with Gasteiger partial charge >= 0.3 is 0 Å². The van der Waals surface area contributed by atoms with Gasteiger partial charge in [0.15, 0.2) is 5.82 Å². The van der Waals surface area contributed by atoms with Gasteiger partial charge in [-0.1, -0.05) is 35.5 Å². The Morgan fingerprint density at radius 1 is 1.15 bits per heavy atom. The molecule has 1 spiro atoms. The van der Waals surface area contributed by atoms with E-state index in [1.807, 2.05) is 23.1 Å². The molecule has 0 aliphatic carbocycles. The number of nitrogens with zero attached hydrogens (tertiary/aromatic N) is 3. The second-order valence-electron chi connectivity index (χ2n) is 7.58. The molecule has 6 nitrogen and oxygen atoms in total. The minimum absolute atomic E-state index is 0.262. The molecule has 2 aliphatic heterocycles. The summed E-state index contributed by atoms with van der Waals surface area (Å²) in [5.74, 6) is 1.58. The van der Waals surface area contributed by atoms with E-state index in [9.17, 15) is 4.79 Å². The van der Waals surface area contributed by atoms with Crippen molar-refractivity contribution in [3.8, 4) is 0 Å². The standard InChI is InChI=1S/C20H26N4O2/c25-19-6-8-20(9-11-21-12-10-20)15-24(19)13-7-18-22-17(23-26-18)14-16-4-2-1-3-5-16/h1-5,21H,6-15H2. The first kappa shape index (κ1) is 17.2. The van der Waals surface area contributed by atoms with E-state index in [0.29, 0.717) is 42.9 Å². The minimum atomic E-state index is 0.262. The van der Waals surface area contributed by atoms with Gasteiger partial charge in [-0.25, -0.2) is 0 Å². The Labute approximate surface area is 154 Å². The molecule has 26 heavy (non-hydrogen) atoms. The summed E-state index contributed by atoms with van der Waals surface area (Å²) in [6.45, 7) is 3.67. The topological polar surface area (TPSA) is 71.3 Å². The van der Waals surface area contributed by atoms with Gasteiger partial charge in [-0.05, 0) is 43.3 Å². The van der Waals surface area contributed by atoms with Crippen molar-refractivity contribution < 1.29 is 9.32 Å². The van der Waals surface area contributed by atoms with Gasteiger partial charge in [-0.2, -0.15) is 4.98 Å². The fourth-order valence-corrected chi connectivity index (χ4v) is 4.14.